The first kappa shape index (κ1) is 11.6. The Bertz CT molecular complexity index is 448. The summed E-state index contributed by atoms with van der Waals surface area (Å²) in [7, 11) is -3.37. The summed E-state index contributed by atoms with van der Waals surface area (Å²) in [6.07, 6.45) is 6.06. The molecule has 0 saturated heterocycles. The van der Waals surface area contributed by atoms with Crippen LogP contribution in [0.15, 0.2) is 11.1 Å². The minimum Gasteiger partial charge on any atom is -0.281 e. The lowest BCUT2D eigenvalue weighted by Crippen LogP contribution is -2.27. The molecular formula is C10H17N3O2S. The molecule has 1 saturated carbocycles. The molecule has 90 valence electrons. The van der Waals surface area contributed by atoms with Gasteiger partial charge in [-0.1, -0.05) is 19.3 Å². The van der Waals surface area contributed by atoms with E-state index in [4.69, 9.17) is 0 Å². The van der Waals surface area contributed by atoms with Gasteiger partial charge in [-0.3, -0.25) is 5.10 Å². The van der Waals surface area contributed by atoms with E-state index < -0.39 is 10.0 Å². The Kier molecular flexibility index (Phi) is 3.30. The molecule has 2 rings (SSSR count). The maximum atomic E-state index is 11.8. The van der Waals surface area contributed by atoms with Crippen LogP contribution in [0.1, 0.15) is 31.4 Å². The van der Waals surface area contributed by atoms with Crippen LogP contribution in [-0.4, -0.2) is 25.2 Å². The van der Waals surface area contributed by atoms with Gasteiger partial charge in [0.05, 0.1) is 11.9 Å². The lowest BCUT2D eigenvalue weighted by molar-refractivity contribution is 0.297. The summed E-state index contributed by atoms with van der Waals surface area (Å²) in [4.78, 5) is 0.251. The first-order valence-corrected chi connectivity index (χ1v) is 7.07. The maximum Gasteiger partial charge on any atom is 0.243 e. The summed E-state index contributed by atoms with van der Waals surface area (Å²) in [5.41, 5.74) is 0.580. The van der Waals surface area contributed by atoms with Gasteiger partial charge in [-0.2, -0.15) is 5.10 Å². The van der Waals surface area contributed by atoms with Crippen LogP contribution in [-0.2, 0) is 10.0 Å². The summed E-state index contributed by atoms with van der Waals surface area (Å²) in [6, 6.07) is 0. The minimum absolute atomic E-state index is 0.251. The molecule has 16 heavy (non-hydrogen) atoms. The van der Waals surface area contributed by atoms with Crippen LogP contribution in [0, 0.1) is 12.8 Å². The molecule has 0 bridgehead atoms. The van der Waals surface area contributed by atoms with Crippen molar-refractivity contribution in [3.63, 3.8) is 0 Å². The molecule has 0 unspecified atom stereocenters. The highest BCUT2D eigenvalue weighted by molar-refractivity contribution is 7.89. The maximum absolute atomic E-state index is 11.8. The van der Waals surface area contributed by atoms with Gasteiger partial charge in [0.25, 0.3) is 0 Å². The zero-order valence-corrected chi connectivity index (χ0v) is 10.2. The third kappa shape index (κ3) is 2.44. The first-order valence-electron chi connectivity index (χ1n) is 5.59. The second-order valence-corrected chi connectivity index (χ2v) is 6.08. The van der Waals surface area contributed by atoms with Gasteiger partial charge < -0.3 is 0 Å². The smallest absolute Gasteiger partial charge is 0.243 e. The lowest BCUT2D eigenvalue weighted by Gasteiger charge is -2.25. The summed E-state index contributed by atoms with van der Waals surface area (Å²) in [5.74, 6) is 0.716. The Morgan fingerprint density at radius 1 is 1.56 bits per heavy atom. The van der Waals surface area contributed by atoms with Crippen LogP contribution in [0.5, 0.6) is 0 Å². The Morgan fingerprint density at radius 2 is 2.31 bits per heavy atom. The van der Waals surface area contributed by atoms with E-state index in [-0.39, 0.29) is 4.90 Å². The van der Waals surface area contributed by atoms with Crippen molar-refractivity contribution < 1.29 is 8.42 Å². The Balaban J connectivity index is 1.90. The number of nitrogens with zero attached hydrogens (tertiary/aromatic N) is 1. The standard InChI is InChI=1S/C10H17N3O2S/c1-8-10(7-11-13-8)16(14,15)12-6-5-9-3-2-4-9/h7,9,12H,2-6H2,1H3,(H,11,13). The second-order valence-electron chi connectivity index (χ2n) is 4.34. The number of rotatable bonds is 5. The van der Waals surface area contributed by atoms with Crippen LogP contribution in [0.2, 0.25) is 0 Å². The van der Waals surface area contributed by atoms with Crippen LogP contribution < -0.4 is 4.72 Å². The second kappa shape index (κ2) is 4.55. The largest absolute Gasteiger partial charge is 0.281 e. The van der Waals surface area contributed by atoms with E-state index >= 15 is 0 Å². The van der Waals surface area contributed by atoms with Crippen LogP contribution in [0.4, 0.5) is 0 Å². The third-order valence-electron chi connectivity index (χ3n) is 3.14. The van der Waals surface area contributed by atoms with Crippen molar-refractivity contribution in [3.8, 4) is 0 Å². The molecule has 1 aliphatic carbocycles. The molecule has 1 heterocycles. The molecule has 0 aliphatic heterocycles. The average Bonchev–Trinajstić information content (AvgIpc) is 2.56. The summed E-state index contributed by atoms with van der Waals surface area (Å²) >= 11 is 0. The molecule has 0 amide bonds. The summed E-state index contributed by atoms with van der Waals surface area (Å²) in [6.45, 7) is 2.23. The highest BCUT2D eigenvalue weighted by Crippen LogP contribution is 2.28. The monoisotopic (exact) mass is 243 g/mol. The molecule has 5 nitrogen and oxygen atoms in total. The SMILES string of the molecule is Cc1[nH]ncc1S(=O)(=O)NCCC1CCC1. The number of aromatic amines is 1. The molecular weight excluding hydrogens is 226 g/mol. The molecule has 0 spiro atoms. The number of H-pyrrole nitrogens is 1. The quantitative estimate of drug-likeness (QED) is 0.815. The Hall–Kier alpha value is -0.880. The van der Waals surface area contributed by atoms with Crippen molar-refractivity contribution in [3.05, 3.63) is 11.9 Å². The first-order chi connectivity index (χ1) is 7.59. The van der Waals surface area contributed by atoms with E-state index in [9.17, 15) is 8.42 Å². The van der Waals surface area contributed by atoms with E-state index in [2.05, 4.69) is 14.9 Å². The molecule has 1 fully saturated rings. The van der Waals surface area contributed by atoms with Crippen molar-refractivity contribution in [1.29, 1.82) is 0 Å². The molecule has 0 aromatic carbocycles. The number of hydrogen-bond donors (Lipinski definition) is 2. The van der Waals surface area contributed by atoms with Gasteiger partial charge in [-0.15, -0.1) is 0 Å². The van der Waals surface area contributed by atoms with Gasteiger partial charge in [0, 0.05) is 6.54 Å². The Labute approximate surface area is 95.7 Å². The minimum atomic E-state index is -3.37. The number of aryl methyl sites for hydroxylation is 1. The molecule has 0 atom stereocenters. The fourth-order valence-electron chi connectivity index (χ4n) is 1.87. The summed E-state index contributed by atoms with van der Waals surface area (Å²) in [5, 5.41) is 6.34. The number of sulfonamides is 1. The molecule has 1 aromatic heterocycles. The Morgan fingerprint density at radius 3 is 2.81 bits per heavy atom. The van der Waals surface area contributed by atoms with Crippen LogP contribution in [0.25, 0.3) is 0 Å². The topological polar surface area (TPSA) is 74.8 Å². The van der Waals surface area contributed by atoms with E-state index in [0.717, 1.165) is 6.42 Å². The molecule has 1 aromatic rings. The zero-order chi connectivity index (χ0) is 11.6. The van der Waals surface area contributed by atoms with Crippen molar-refractivity contribution in [2.24, 2.45) is 5.92 Å². The third-order valence-corrected chi connectivity index (χ3v) is 4.72. The van der Waals surface area contributed by atoms with Gasteiger partial charge >= 0.3 is 0 Å². The molecule has 1 aliphatic rings. The molecule has 0 radical (unpaired) electrons. The van der Waals surface area contributed by atoms with Gasteiger partial charge in [0.15, 0.2) is 0 Å². The number of aromatic nitrogens is 2. The predicted molar refractivity (Wildman–Crippen MR) is 60.5 cm³/mol. The van der Waals surface area contributed by atoms with Crippen LogP contribution in [0.3, 0.4) is 0 Å². The highest BCUT2D eigenvalue weighted by atomic mass is 32.2. The number of hydrogen-bond acceptors (Lipinski definition) is 3. The van der Waals surface area contributed by atoms with Gasteiger partial charge in [0.2, 0.25) is 10.0 Å². The van der Waals surface area contributed by atoms with Crippen LogP contribution >= 0.6 is 0 Å². The normalized spacial score (nSPS) is 17.3. The van der Waals surface area contributed by atoms with Crippen molar-refractivity contribution in [2.45, 2.75) is 37.5 Å². The van der Waals surface area contributed by atoms with E-state index in [1.165, 1.54) is 25.5 Å². The lowest BCUT2D eigenvalue weighted by atomic mass is 9.83. The van der Waals surface area contributed by atoms with Gasteiger partial charge in [-0.05, 0) is 19.3 Å². The van der Waals surface area contributed by atoms with Crippen molar-refractivity contribution in [2.75, 3.05) is 6.54 Å². The fourth-order valence-corrected chi connectivity index (χ4v) is 3.05. The van der Waals surface area contributed by atoms with E-state index in [1.54, 1.807) is 6.92 Å². The van der Waals surface area contributed by atoms with E-state index in [0.29, 0.717) is 18.2 Å². The van der Waals surface area contributed by atoms with Crippen molar-refractivity contribution >= 4 is 10.0 Å². The summed E-state index contributed by atoms with van der Waals surface area (Å²) < 4.78 is 26.3. The molecule has 2 N–H and O–H groups in total. The average molecular weight is 243 g/mol. The van der Waals surface area contributed by atoms with Gasteiger partial charge in [0.1, 0.15) is 4.90 Å². The molecule has 6 heteroatoms. The van der Waals surface area contributed by atoms with Crippen molar-refractivity contribution in [1.82, 2.24) is 14.9 Å². The fraction of sp³-hybridized carbons (Fsp3) is 0.700. The highest BCUT2D eigenvalue weighted by Gasteiger charge is 2.20. The van der Waals surface area contributed by atoms with E-state index in [1.807, 2.05) is 0 Å². The predicted octanol–water partition coefficient (Wildman–Crippen LogP) is 1.19. The number of nitrogens with one attached hydrogen (secondary N) is 2. The van der Waals surface area contributed by atoms with Gasteiger partial charge in [-0.25, -0.2) is 13.1 Å². The zero-order valence-electron chi connectivity index (χ0n) is 9.36.